The number of nitrogens with one attached hydrogen (secondary N) is 1. The van der Waals surface area contributed by atoms with E-state index in [9.17, 15) is 38.2 Å². The van der Waals surface area contributed by atoms with Crippen LogP contribution in [0.25, 0.3) is 0 Å². The highest BCUT2D eigenvalue weighted by molar-refractivity contribution is 5.93. The van der Waals surface area contributed by atoms with Gasteiger partial charge in [0.2, 0.25) is 5.95 Å². The molecule has 2 heterocycles. The van der Waals surface area contributed by atoms with Gasteiger partial charge in [-0.2, -0.15) is 18.4 Å². The van der Waals surface area contributed by atoms with Gasteiger partial charge in [0.25, 0.3) is 0 Å². The number of halogens is 3. The molecule has 0 spiro atoms. The van der Waals surface area contributed by atoms with Gasteiger partial charge in [-0.05, 0) is 48.4 Å². The zero-order chi connectivity index (χ0) is 27.1. The average Bonchev–Trinajstić information content (AvgIpc) is 3.26. The Labute approximate surface area is 207 Å². The summed E-state index contributed by atoms with van der Waals surface area (Å²) >= 11 is 0. The molecule has 1 aromatic heterocycles. The van der Waals surface area contributed by atoms with Crippen LogP contribution in [0.15, 0.2) is 58.5 Å². The van der Waals surface area contributed by atoms with E-state index >= 15 is 0 Å². The number of fused-ring (bicyclic) bond motifs is 1. The summed E-state index contributed by atoms with van der Waals surface area (Å²) in [4.78, 5) is 27.3. The van der Waals surface area contributed by atoms with E-state index in [4.69, 9.17) is 4.74 Å². The molecular weight excluding hydrogens is 495 g/mol. The van der Waals surface area contributed by atoms with Crippen LogP contribution in [0.5, 0.6) is 0 Å². The molecule has 192 valence electrons. The van der Waals surface area contributed by atoms with Gasteiger partial charge in [0, 0.05) is 11.4 Å². The smallest absolute Gasteiger partial charge is 0.416 e. The highest BCUT2D eigenvalue weighted by Gasteiger charge is 2.41. The first kappa shape index (κ1) is 25.7. The number of aliphatic hydroxyl groups excluding tert-OH is 2. The molecule has 0 radical (unpaired) electrons. The van der Waals surface area contributed by atoms with E-state index in [1.54, 1.807) is 0 Å². The summed E-state index contributed by atoms with van der Waals surface area (Å²) in [6.07, 6.45) is -6.13. The number of anilines is 2. The van der Waals surface area contributed by atoms with Crippen molar-refractivity contribution in [2.45, 2.75) is 25.2 Å². The minimum atomic E-state index is -4.65. The topological polar surface area (TPSA) is 144 Å². The molecule has 37 heavy (non-hydrogen) atoms. The summed E-state index contributed by atoms with van der Waals surface area (Å²) in [5.41, 5.74) is -1.43. The number of methoxy groups -OCH3 is 1. The minimum Gasteiger partial charge on any atom is -0.466 e. The summed E-state index contributed by atoms with van der Waals surface area (Å²) < 4.78 is 46.3. The predicted molar refractivity (Wildman–Crippen MR) is 122 cm³/mol. The number of aromatic nitrogens is 3. The standard InChI is InChI=1S/C24H20F3N5O5/c1-12-19(21(35)37-2)20(16-7-6-13(10-28)8-17(16)18(34)11-33)32-22(29-30-23(32)36)31(12)15-5-3-4-14(9-15)24(25,26)27/h3-9,18,20,33-34H,11H2,1-2H3,(H,30,36). The second-order valence-corrected chi connectivity index (χ2v) is 8.13. The summed E-state index contributed by atoms with van der Waals surface area (Å²) in [7, 11) is 1.10. The summed E-state index contributed by atoms with van der Waals surface area (Å²) in [6.45, 7) is 0.725. The quantitative estimate of drug-likeness (QED) is 0.440. The SMILES string of the molecule is COC(=O)C1=C(C)N(c2cccc(C(F)(F)F)c2)c2n[nH]c(=O)n2C1c1ccc(C#N)cc1C(O)CO. The molecule has 10 nitrogen and oxygen atoms in total. The molecule has 0 bridgehead atoms. The van der Waals surface area contributed by atoms with E-state index in [-0.39, 0.29) is 39.6 Å². The highest BCUT2D eigenvalue weighted by atomic mass is 19.4. The zero-order valence-electron chi connectivity index (χ0n) is 19.4. The molecule has 0 aliphatic carbocycles. The third-order valence-corrected chi connectivity index (χ3v) is 6.02. The third kappa shape index (κ3) is 4.37. The van der Waals surface area contributed by atoms with Crippen molar-refractivity contribution < 1.29 is 32.9 Å². The van der Waals surface area contributed by atoms with Crippen molar-refractivity contribution in [2.24, 2.45) is 0 Å². The fraction of sp³-hybridized carbons (Fsp3) is 0.250. The van der Waals surface area contributed by atoms with E-state index in [2.05, 4.69) is 10.2 Å². The number of benzene rings is 2. The fourth-order valence-corrected chi connectivity index (χ4v) is 4.36. The first-order chi connectivity index (χ1) is 17.5. The minimum absolute atomic E-state index is 0.0251. The summed E-state index contributed by atoms with van der Waals surface area (Å²) in [5.74, 6) is -1.03. The fourth-order valence-electron chi connectivity index (χ4n) is 4.36. The van der Waals surface area contributed by atoms with Crippen LogP contribution < -0.4 is 10.6 Å². The van der Waals surface area contributed by atoms with E-state index in [0.29, 0.717) is 0 Å². The lowest BCUT2D eigenvalue weighted by molar-refractivity contribution is -0.138. The van der Waals surface area contributed by atoms with Gasteiger partial charge in [-0.15, -0.1) is 5.10 Å². The zero-order valence-corrected chi connectivity index (χ0v) is 19.4. The predicted octanol–water partition coefficient (Wildman–Crippen LogP) is 2.68. The average molecular weight is 515 g/mol. The molecule has 0 fully saturated rings. The van der Waals surface area contributed by atoms with E-state index in [1.807, 2.05) is 6.07 Å². The molecular formula is C24H20F3N5O5. The van der Waals surface area contributed by atoms with E-state index < -0.39 is 42.2 Å². The van der Waals surface area contributed by atoms with Gasteiger partial charge in [-0.1, -0.05) is 12.1 Å². The Morgan fingerprint density at radius 1 is 1.30 bits per heavy atom. The number of allylic oxidation sites excluding steroid dienone is 1. The van der Waals surface area contributed by atoms with Crippen molar-refractivity contribution in [2.75, 3.05) is 18.6 Å². The number of H-pyrrole nitrogens is 1. The van der Waals surface area contributed by atoms with Crippen LogP contribution >= 0.6 is 0 Å². The first-order valence-corrected chi connectivity index (χ1v) is 10.8. The molecule has 2 unspecified atom stereocenters. The maximum absolute atomic E-state index is 13.4. The molecule has 1 aliphatic heterocycles. The maximum Gasteiger partial charge on any atom is 0.416 e. The number of alkyl halides is 3. The van der Waals surface area contributed by atoms with Gasteiger partial charge in [0.05, 0.1) is 36.5 Å². The summed E-state index contributed by atoms with van der Waals surface area (Å²) in [5, 5.41) is 35.7. The van der Waals surface area contributed by atoms with Gasteiger partial charge >= 0.3 is 17.8 Å². The normalized spacial score (nSPS) is 16.3. The lowest BCUT2D eigenvalue weighted by Gasteiger charge is -2.36. The molecule has 0 saturated carbocycles. The van der Waals surface area contributed by atoms with Gasteiger partial charge in [0.15, 0.2) is 0 Å². The Morgan fingerprint density at radius 2 is 2.03 bits per heavy atom. The number of aromatic amines is 1. The number of aliphatic hydroxyl groups is 2. The second kappa shape index (κ2) is 9.57. The van der Waals surface area contributed by atoms with E-state index in [0.717, 1.165) is 23.8 Å². The van der Waals surface area contributed by atoms with Crippen LogP contribution in [-0.4, -0.2) is 44.7 Å². The molecule has 1 aliphatic rings. The van der Waals surface area contributed by atoms with E-state index in [1.165, 1.54) is 42.2 Å². The molecule has 13 heteroatoms. The van der Waals surface area contributed by atoms with Crippen LogP contribution in [0, 0.1) is 11.3 Å². The highest BCUT2D eigenvalue weighted by Crippen LogP contribution is 2.44. The number of esters is 1. The molecule has 3 N–H and O–H groups in total. The molecule has 2 aromatic carbocycles. The van der Waals surface area contributed by atoms with Gasteiger partial charge in [0.1, 0.15) is 12.1 Å². The van der Waals surface area contributed by atoms with Crippen molar-refractivity contribution in [1.82, 2.24) is 14.8 Å². The van der Waals surface area contributed by atoms with Crippen LogP contribution in [-0.2, 0) is 15.7 Å². The number of carbonyl (C=O) groups excluding carboxylic acids is 1. The largest absolute Gasteiger partial charge is 0.466 e. The molecule has 2 atom stereocenters. The van der Waals surface area contributed by atoms with Crippen molar-refractivity contribution >= 4 is 17.6 Å². The number of nitrogens with zero attached hydrogens (tertiary/aromatic N) is 4. The Kier molecular flexibility index (Phi) is 6.64. The van der Waals surface area contributed by atoms with Crippen molar-refractivity contribution in [3.63, 3.8) is 0 Å². The Hall–Kier alpha value is -4.41. The summed E-state index contributed by atoms with van der Waals surface area (Å²) in [6, 6.07) is 9.05. The Balaban J connectivity index is 2.05. The van der Waals surface area contributed by atoms with Crippen LogP contribution in [0.2, 0.25) is 0 Å². The van der Waals surface area contributed by atoms with Crippen molar-refractivity contribution in [1.29, 1.82) is 5.26 Å². The number of nitriles is 1. The Bertz CT molecular complexity index is 1500. The lowest BCUT2D eigenvalue weighted by Crippen LogP contribution is -2.38. The van der Waals surface area contributed by atoms with Crippen molar-refractivity contribution in [3.8, 4) is 6.07 Å². The second-order valence-electron chi connectivity index (χ2n) is 8.13. The monoisotopic (exact) mass is 515 g/mol. The number of rotatable bonds is 5. The number of ether oxygens (including phenoxy) is 1. The van der Waals surface area contributed by atoms with Gasteiger partial charge in [-0.3, -0.25) is 4.90 Å². The number of carbonyl (C=O) groups is 1. The molecule has 4 rings (SSSR count). The third-order valence-electron chi connectivity index (χ3n) is 6.02. The van der Waals surface area contributed by atoms with Crippen LogP contribution in [0.3, 0.4) is 0 Å². The maximum atomic E-state index is 13.4. The van der Waals surface area contributed by atoms with Gasteiger partial charge in [-0.25, -0.2) is 19.3 Å². The molecule has 0 amide bonds. The first-order valence-electron chi connectivity index (χ1n) is 10.8. The van der Waals surface area contributed by atoms with Crippen molar-refractivity contribution in [3.05, 3.63) is 86.5 Å². The van der Waals surface area contributed by atoms with Gasteiger partial charge < -0.3 is 14.9 Å². The molecule has 3 aromatic rings. The number of hydrogen-bond acceptors (Lipinski definition) is 8. The Morgan fingerprint density at radius 3 is 2.65 bits per heavy atom. The molecule has 0 saturated heterocycles. The van der Waals surface area contributed by atoms with Crippen LogP contribution in [0.4, 0.5) is 24.8 Å². The lowest BCUT2D eigenvalue weighted by atomic mass is 9.88. The number of hydrogen-bond donors (Lipinski definition) is 3. The van der Waals surface area contributed by atoms with Crippen LogP contribution in [0.1, 0.15) is 41.3 Å².